The predicted molar refractivity (Wildman–Crippen MR) is 144 cm³/mol. The SMILES string of the molecule is CC=Nc1c(CC)cccc1SNc1ccc(C(=O)N2CCN(c3ncccc3OC)CC2)cc1F. The minimum atomic E-state index is -0.475. The molecular weight excluding hydrogens is 477 g/mol. The molecule has 1 saturated heterocycles. The topological polar surface area (TPSA) is 70.1 Å². The third-order valence-corrected chi connectivity index (χ3v) is 6.92. The molecule has 1 aliphatic heterocycles. The highest BCUT2D eigenvalue weighted by Gasteiger charge is 2.25. The summed E-state index contributed by atoms with van der Waals surface area (Å²) in [5, 5.41) is 0. The smallest absolute Gasteiger partial charge is 0.254 e. The second kappa shape index (κ2) is 11.9. The third-order valence-electron chi connectivity index (χ3n) is 6.05. The first-order chi connectivity index (χ1) is 17.5. The average Bonchev–Trinajstić information content (AvgIpc) is 2.92. The molecule has 0 bridgehead atoms. The van der Waals surface area contributed by atoms with Gasteiger partial charge in [0.15, 0.2) is 11.6 Å². The molecule has 1 aliphatic rings. The summed E-state index contributed by atoms with van der Waals surface area (Å²) in [7, 11) is 1.62. The summed E-state index contributed by atoms with van der Waals surface area (Å²) < 4.78 is 23.4. The molecule has 0 aliphatic carbocycles. The number of piperazine rings is 1. The monoisotopic (exact) mass is 507 g/mol. The van der Waals surface area contributed by atoms with Gasteiger partial charge in [-0.05, 0) is 67.3 Å². The highest BCUT2D eigenvalue weighted by Crippen LogP contribution is 2.34. The van der Waals surface area contributed by atoms with Crippen LogP contribution in [0.1, 0.15) is 29.8 Å². The van der Waals surface area contributed by atoms with Crippen molar-refractivity contribution in [3.63, 3.8) is 0 Å². The maximum absolute atomic E-state index is 14.9. The Balaban J connectivity index is 1.40. The number of hydrogen-bond acceptors (Lipinski definition) is 7. The number of aliphatic imine (C=N–C) groups is 1. The second-order valence-electron chi connectivity index (χ2n) is 8.21. The summed E-state index contributed by atoms with van der Waals surface area (Å²) in [6.45, 7) is 6.24. The minimum Gasteiger partial charge on any atom is -0.493 e. The number of nitrogens with one attached hydrogen (secondary N) is 1. The summed E-state index contributed by atoms with van der Waals surface area (Å²) in [6, 6.07) is 14.2. The van der Waals surface area contributed by atoms with E-state index < -0.39 is 5.82 Å². The zero-order chi connectivity index (χ0) is 25.5. The van der Waals surface area contributed by atoms with E-state index in [2.05, 4.69) is 26.5 Å². The Kier molecular flexibility index (Phi) is 8.43. The molecule has 4 rings (SSSR count). The second-order valence-corrected chi connectivity index (χ2v) is 9.06. The minimum absolute atomic E-state index is 0.184. The highest BCUT2D eigenvalue weighted by molar-refractivity contribution is 8.00. The standard InChI is InChI=1S/C27H30FN5O2S/c1-4-19-8-6-10-24(25(19)29-5-2)36-31-22-12-11-20(18-21(22)28)27(34)33-16-14-32(15-17-33)26-23(35-3)9-7-13-30-26/h5-13,18,31H,4,14-17H2,1-3H3. The molecule has 1 amide bonds. The molecular formula is C27H30FN5O2S. The number of benzene rings is 2. The molecule has 0 atom stereocenters. The summed E-state index contributed by atoms with van der Waals surface area (Å²) in [6.07, 6.45) is 4.34. The van der Waals surface area contributed by atoms with Crippen molar-refractivity contribution in [1.82, 2.24) is 9.88 Å². The number of amides is 1. The third kappa shape index (κ3) is 5.62. The van der Waals surface area contributed by atoms with Crippen LogP contribution in [-0.4, -0.2) is 55.3 Å². The van der Waals surface area contributed by atoms with Crippen molar-refractivity contribution in [3.8, 4) is 5.75 Å². The Morgan fingerprint density at radius 2 is 2.00 bits per heavy atom. The molecule has 2 aromatic carbocycles. The van der Waals surface area contributed by atoms with Gasteiger partial charge in [-0.2, -0.15) is 0 Å². The Labute approximate surface area is 215 Å². The van der Waals surface area contributed by atoms with Gasteiger partial charge in [0.2, 0.25) is 0 Å². The van der Waals surface area contributed by atoms with Crippen LogP contribution in [0, 0.1) is 5.82 Å². The number of rotatable bonds is 8. The van der Waals surface area contributed by atoms with E-state index in [1.807, 2.05) is 37.3 Å². The first kappa shape index (κ1) is 25.5. The molecule has 7 nitrogen and oxygen atoms in total. The molecule has 2 heterocycles. The Bertz CT molecular complexity index is 1240. The van der Waals surface area contributed by atoms with Crippen LogP contribution in [-0.2, 0) is 6.42 Å². The number of methoxy groups -OCH3 is 1. The van der Waals surface area contributed by atoms with Crippen molar-refractivity contribution in [2.75, 3.05) is 42.9 Å². The number of halogens is 1. The lowest BCUT2D eigenvalue weighted by molar-refractivity contribution is 0.0746. The first-order valence-corrected chi connectivity index (χ1v) is 12.7. The summed E-state index contributed by atoms with van der Waals surface area (Å²) >= 11 is 1.31. The van der Waals surface area contributed by atoms with Crippen molar-refractivity contribution in [3.05, 3.63) is 71.7 Å². The van der Waals surface area contributed by atoms with Gasteiger partial charge < -0.3 is 19.3 Å². The van der Waals surface area contributed by atoms with E-state index in [1.54, 1.807) is 36.6 Å². The number of nitrogens with zero attached hydrogens (tertiary/aromatic N) is 4. The number of ether oxygens (including phenoxy) is 1. The van der Waals surface area contributed by atoms with Gasteiger partial charge >= 0.3 is 0 Å². The van der Waals surface area contributed by atoms with Gasteiger partial charge in [-0.1, -0.05) is 19.1 Å². The van der Waals surface area contributed by atoms with E-state index in [-0.39, 0.29) is 5.91 Å². The van der Waals surface area contributed by atoms with Gasteiger partial charge in [0, 0.05) is 44.2 Å². The van der Waals surface area contributed by atoms with Crippen LogP contribution in [0.25, 0.3) is 0 Å². The van der Waals surface area contributed by atoms with Crippen LogP contribution in [0.4, 0.5) is 21.6 Å². The summed E-state index contributed by atoms with van der Waals surface area (Å²) in [5.41, 5.74) is 2.66. The van der Waals surface area contributed by atoms with E-state index >= 15 is 0 Å². The van der Waals surface area contributed by atoms with Crippen LogP contribution in [0.15, 0.2) is 64.6 Å². The molecule has 0 radical (unpaired) electrons. The summed E-state index contributed by atoms with van der Waals surface area (Å²) in [4.78, 5) is 26.7. The van der Waals surface area contributed by atoms with Crippen molar-refractivity contribution >= 4 is 41.3 Å². The van der Waals surface area contributed by atoms with Gasteiger partial charge in [0.05, 0.1) is 23.4 Å². The highest BCUT2D eigenvalue weighted by atomic mass is 32.2. The molecule has 0 spiro atoms. The number of para-hydroxylation sites is 1. The Morgan fingerprint density at radius 1 is 1.19 bits per heavy atom. The normalized spacial score (nSPS) is 13.8. The molecule has 0 saturated carbocycles. The number of anilines is 2. The first-order valence-electron chi connectivity index (χ1n) is 11.9. The maximum atomic E-state index is 14.9. The van der Waals surface area contributed by atoms with Crippen molar-refractivity contribution in [1.29, 1.82) is 0 Å². The zero-order valence-electron chi connectivity index (χ0n) is 20.7. The van der Waals surface area contributed by atoms with Gasteiger partial charge in [-0.3, -0.25) is 9.79 Å². The van der Waals surface area contributed by atoms with Gasteiger partial charge in [0.25, 0.3) is 5.91 Å². The predicted octanol–water partition coefficient (Wildman–Crippen LogP) is 5.60. The largest absolute Gasteiger partial charge is 0.493 e. The lowest BCUT2D eigenvalue weighted by Gasteiger charge is -2.35. The summed E-state index contributed by atoms with van der Waals surface area (Å²) in [5.74, 6) is 0.812. The number of pyridine rings is 1. The van der Waals surface area contributed by atoms with E-state index in [0.717, 1.165) is 28.4 Å². The lowest BCUT2D eigenvalue weighted by Crippen LogP contribution is -2.49. The number of aryl methyl sites for hydroxylation is 1. The van der Waals surface area contributed by atoms with Gasteiger partial charge in [0.1, 0.15) is 5.82 Å². The molecule has 1 fully saturated rings. The van der Waals surface area contributed by atoms with E-state index in [0.29, 0.717) is 43.2 Å². The van der Waals surface area contributed by atoms with E-state index in [9.17, 15) is 9.18 Å². The van der Waals surface area contributed by atoms with Crippen LogP contribution in [0.3, 0.4) is 0 Å². The maximum Gasteiger partial charge on any atom is 0.254 e. The molecule has 1 N–H and O–H groups in total. The Morgan fingerprint density at radius 3 is 2.69 bits per heavy atom. The van der Waals surface area contributed by atoms with E-state index in [4.69, 9.17) is 4.74 Å². The fourth-order valence-electron chi connectivity index (χ4n) is 4.13. The molecule has 3 aromatic rings. The fraction of sp³-hybridized carbons (Fsp3) is 0.296. The van der Waals surface area contributed by atoms with E-state index in [1.165, 1.54) is 18.0 Å². The Hall–Kier alpha value is -3.59. The fourth-order valence-corrected chi connectivity index (χ4v) is 4.95. The molecule has 36 heavy (non-hydrogen) atoms. The lowest BCUT2D eigenvalue weighted by atomic mass is 10.1. The molecule has 0 unspecified atom stereocenters. The number of carbonyl (C=O) groups excluding carboxylic acids is 1. The van der Waals surface area contributed by atoms with Crippen LogP contribution in [0.2, 0.25) is 0 Å². The zero-order valence-corrected chi connectivity index (χ0v) is 21.5. The van der Waals surface area contributed by atoms with Crippen LogP contribution < -0.4 is 14.4 Å². The van der Waals surface area contributed by atoms with Crippen LogP contribution >= 0.6 is 11.9 Å². The molecule has 1 aromatic heterocycles. The van der Waals surface area contributed by atoms with Crippen molar-refractivity contribution in [2.45, 2.75) is 25.2 Å². The average molecular weight is 508 g/mol. The number of carbonyl (C=O) groups is 1. The molecule has 188 valence electrons. The number of aromatic nitrogens is 1. The number of hydrogen-bond donors (Lipinski definition) is 1. The van der Waals surface area contributed by atoms with Crippen LogP contribution in [0.5, 0.6) is 5.75 Å². The van der Waals surface area contributed by atoms with Crippen molar-refractivity contribution < 1.29 is 13.9 Å². The van der Waals surface area contributed by atoms with Gasteiger partial charge in [-0.15, -0.1) is 0 Å². The van der Waals surface area contributed by atoms with Gasteiger partial charge in [-0.25, -0.2) is 9.37 Å². The van der Waals surface area contributed by atoms with Crippen molar-refractivity contribution in [2.24, 2.45) is 4.99 Å². The molecule has 9 heteroatoms. The quantitative estimate of drug-likeness (QED) is 0.316.